The van der Waals surface area contributed by atoms with Gasteiger partial charge in [-0.05, 0) is 13.3 Å². The second kappa shape index (κ2) is 5.79. The minimum absolute atomic E-state index is 0.0253. The fourth-order valence-corrected chi connectivity index (χ4v) is 2.27. The number of benzene rings is 1. The Morgan fingerprint density at radius 2 is 1.89 bits per heavy atom. The molecule has 0 amide bonds. The van der Waals surface area contributed by atoms with Crippen LogP contribution in [0.25, 0.3) is 0 Å². The van der Waals surface area contributed by atoms with Gasteiger partial charge in [0.25, 0.3) is 0 Å². The zero-order chi connectivity index (χ0) is 14.0. The lowest BCUT2D eigenvalue weighted by Gasteiger charge is -2.43. The van der Waals surface area contributed by atoms with Gasteiger partial charge < -0.3 is 14.8 Å². The smallest absolute Gasteiger partial charge is 0.194 e. The molecule has 0 saturated heterocycles. The average molecular weight is 275 g/mol. The van der Waals surface area contributed by atoms with E-state index in [4.69, 9.17) is 9.47 Å². The van der Waals surface area contributed by atoms with E-state index in [-0.39, 0.29) is 23.9 Å². The molecule has 1 aliphatic rings. The number of ether oxygens (including phenoxy) is 2. The monoisotopic (exact) mass is 275 g/mol. The fourth-order valence-electron chi connectivity index (χ4n) is 2.27. The largest absolute Gasteiger partial charge is 0.379 e. The van der Waals surface area contributed by atoms with Crippen molar-refractivity contribution in [2.75, 3.05) is 19.0 Å². The molecule has 0 radical (unpaired) electrons. The summed E-state index contributed by atoms with van der Waals surface area (Å²) in [5, 5.41) is 2.92. The van der Waals surface area contributed by atoms with E-state index < -0.39 is 17.5 Å². The summed E-state index contributed by atoms with van der Waals surface area (Å²) in [6.07, 6.45) is 0.464. The molecule has 3 unspecified atom stereocenters. The lowest BCUT2D eigenvalue weighted by molar-refractivity contribution is -0.118. The van der Waals surface area contributed by atoms with Crippen LogP contribution in [0, 0.1) is 17.5 Å². The van der Waals surface area contributed by atoms with Crippen molar-refractivity contribution < 1.29 is 22.6 Å². The van der Waals surface area contributed by atoms with E-state index in [0.717, 1.165) is 12.1 Å². The summed E-state index contributed by atoms with van der Waals surface area (Å²) in [6, 6.07) is 1.75. The molecule has 1 aliphatic carbocycles. The van der Waals surface area contributed by atoms with Crippen molar-refractivity contribution in [3.05, 3.63) is 29.6 Å². The maximum absolute atomic E-state index is 13.1. The molecular weight excluding hydrogens is 259 g/mol. The molecule has 1 fully saturated rings. The van der Waals surface area contributed by atoms with E-state index >= 15 is 0 Å². The highest BCUT2D eigenvalue weighted by atomic mass is 19.2. The van der Waals surface area contributed by atoms with Crippen LogP contribution in [0.1, 0.15) is 13.3 Å². The highest BCUT2D eigenvalue weighted by Crippen LogP contribution is 2.30. The van der Waals surface area contributed by atoms with E-state index in [1.54, 1.807) is 7.11 Å². The van der Waals surface area contributed by atoms with Gasteiger partial charge in [0.05, 0.1) is 12.1 Å². The summed E-state index contributed by atoms with van der Waals surface area (Å²) in [4.78, 5) is 0. The zero-order valence-electron chi connectivity index (χ0n) is 10.8. The van der Waals surface area contributed by atoms with E-state index in [2.05, 4.69) is 5.32 Å². The van der Waals surface area contributed by atoms with Crippen LogP contribution in [-0.4, -0.2) is 32.0 Å². The normalized spacial score (nSPS) is 26.1. The molecule has 3 nitrogen and oxygen atoms in total. The van der Waals surface area contributed by atoms with E-state index in [1.165, 1.54) is 0 Å². The van der Waals surface area contributed by atoms with Crippen molar-refractivity contribution >= 4 is 5.69 Å². The van der Waals surface area contributed by atoms with Gasteiger partial charge in [0, 0.05) is 31.5 Å². The molecule has 1 saturated carbocycles. The topological polar surface area (TPSA) is 30.5 Å². The maximum atomic E-state index is 13.1. The van der Waals surface area contributed by atoms with E-state index in [0.29, 0.717) is 13.0 Å². The molecule has 1 N–H and O–H groups in total. The molecule has 1 aromatic rings. The van der Waals surface area contributed by atoms with Gasteiger partial charge in [-0.25, -0.2) is 13.2 Å². The first kappa shape index (κ1) is 14.1. The van der Waals surface area contributed by atoms with Crippen LogP contribution < -0.4 is 5.32 Å². The van der Waals surface area contributed by atoms with Gasteiger partial charge in [-0.1, -0.05) is 0 Å². The van der Waals surface area contributed by atoms with Gasteiger partial charge >= 0.3 is 0 Å². The predicted octanol–water partition coefficient (Wildman–Crippen LogP) is 2.71. The molecule has 106 valence electrons. The van der Waals surface area contributed by atoms with Crippen molar-refractivity contribution in [3.8, 4) is 0 Å². The van der Waals surface area contributed by atoms with Crippen molar-refractivity contribution in [1.29, 1.82) is 0 Å². The van der Waals surface area contributed by atoms with Crippen molar-refractivity contribution in [2.45, 2.75) is 31.6 Å². The van der Waals surface area contributed by atoms with Crippen molar-refractivity contribution in [2.24, 2.45) is 0 Å². The number of anilines is 1. The van der Waals surface area contributed by atoms with Crippen LogP contribution in [0.2, 0.25) is 0 Å². The summed E-state index contributed by atoms with van der Waals surface area (Å²) in [7, 11) is 1.55. The molecule has 0 aromatic heterocycles. The highest BCUT2D eigenvalue weighted by molar-refractivity contribution is 5.46. The standard InChI is InChI=1S/C13H16F3NO2/c1-3-19-11-6-10(13(11)18-2)17-7-4-8(14)12(16)9(15)5-7/h4-5,10-11,13,17H,3,6H2,1-2H3. The summed E-state index contributed by atoms with van der Waals surface area (Å²) in [5.41, 5.74) is 0.193. The Kier molecular flexibility index (Phi) is 4.31. The average Bonchev–Trinajstić information content (AvgIpc) is 2.35. The fraction of sp³-hybridized carbons (Fsp3) is 0.538. The summed E-state index contributed by atoms with van der Waals surface area (Å²) in [6.45, 7) is 2.47. The quantitative estimate of drug-likeness (QED) is 0.838. The molecule has 1 aromatic carbocycles. The molecule has 19 heavy (non-hydrogen) atoms. The molecular formula is C13H16F3NO2. The van der Waals surface area contributed by atoms with Gasteiger partial charge in [0.1, 0.15) is 6.10 Å². The Morgan fingerprint density at radius 3 is 2.42 bits per heavy atom. The third kappa shape index (κ3) is 2.84. The molecule has 0 heterocycles. The second-order valence-corrected chi connectivity index (χ2v) is 4.43. The Morgan fingerprint density at radius 1 is 1.26 bits per heavy atom. The Balaban J connectivity index is 2.02. The van der Waals surface area contributed by atoms with Crippen molar-refractivity contribution in [3.63, 3.8) is 0 Å². The minimum atomic E-state index is -1.46. The van der Waals surface area contributed by atoms with Crippen LogP contribution in [0.4, 0.5) is 18.9 Å². The maximum Gasteiger partial charge on any atom is 0.194 e. The first-order valence-corrected chi connectivity index (χ1v) is 6.12. The first-order chi connectivity index (χ1) is 9.06. The SMILES string of the molecule is CCOC1CC(Nc2cc(F)c(F)c(F)c2)C1OC. The van der Waals surface area contributed by atoms with Gasteiger partial charge in [-0.2, -0.15) is 0 Å². The lowest BCUT2D eigenvalue weighted by atomic mass is 9.85. The molecule has 0 bridgehead atoms. The first-order valence-electron chi connectivity index (χ1n) is 6.12. The number of methoxy groups -OCH3 is 1. The van der Waals surface area contributed by atoms with Crippen LogP contribution in [0.3, 0.4) is 0 Å². The van der Waals surface area contributed by atoms with Crippen LogP contribution in [0.15, 0.2) is 12.1 Å². The molecule has 6 heteroatoms. The summed E-state index contributed by atoms with van der Waals surface area (Å²) < 4.78 is 49.7. The summed E-state index contributed by atoms with van der Waals surface area (Å²) in [5.74, 6) is -3.89. The highest BCUT2D eigenvalue weighted by Gasteiger charge is 2.42. The molecule has 2 rings (SSSR count). The van der Waals surface area contributed by atoms with Gasteiger partial charge in [0.15, 0.2) is 17.5 Å². The number of hydrogen-bond acceptors (Lipinski definition) is 3. The van der Waals surface area contributed by atoms with E-state index in [1.807, 2.05) is 6.92 Å². The second-order valence-electron chi connectivity index (χ2n) is 4.43. The molecule has 3 atom stereocenters. The number of halogens is 3. The molecule has 0 aliphatic heterocycles. The lowest BCUT2D eigenvalue weighted by Crippen LogP contribution is -2.56. The minimum Gasteiger partial charge on any atom is -0.379 e. The summed E-state index contributed by atoms with van der Waals surface area (Å²) >= 11 is 0. The van der Waals surface area contributed by atoms with Crippen LogP contribution in [0.5, 0.6) is 0 Å². The predicted molar refractivity (Wildman–Crippen MR) is 64.6 cm³/mol. The van der Waals surface area contributed by atoms with Gasteiger partial charge in [-0.15, -0.1) is 0 Å². The third-order valence-corrected chi connectivity index (χ3v) is 3.24. The van der Waals surface area contributed by atoms with Gasteiger partial charge in [0.2, 0.25) is 0 Å². The Labute approximate surface area is 109 Å². The number of nitrogens with one attached hydrogen (secondary N) is 1. The van der Waals surface area contributed by atoms with Crippen LogP contribution >= 0.6 is 0 Å². The number of rotatable bonds is 5. The van der Waals surface area contributed by atoms with Gasteiger partial charge in [-0.3, -0.25) is 0 Å². The third-order valence-electron chi connectivity index (χ3n) is 3.24. The number of hydrogen-bond donors (Lipinski definition) is 1. The Bertz CT molecular complexity index is 433. The van der Waals surface area contributed by atoms with E-state index in [9.17, 15) is 13.2 Å². The zero-order valence-corrected chi connectivity index (χ0v) is 10.8. The van der Waals surface area contributed by atoms with Crippen molar-refractivity contribution in [1.82, 2.24) is 0 Å². The molecule has 0 spiro atoms. The van der Waals surface area contributed by atoms with Crippen LogP contribution in [-0.2, 0) is 9.47 Å². The Hall–Kier alpha value is -1.27.